The first-order valence-corrected chi connectivity index (χ1v) is 12.7. The number of hydrogen-bond donors (Lipinski definition) is 0. The van der Waals surface area contributed by atoms with Gasteiger partial charge >= 0.3 is 11.9 Å². The fraction of sp³-hybridized carbons (Fsp3) is 0.231. The Morgan fingerprint density at radius 2 is 1.49 bits per heavy atom. The smallest absolute Gasteiger partial charge is 0.346 e. The number of rotatable bonds is 3. The molecular formula is C26H23NO5S3. The van der Waals surface area contributed by atoms with E-state index in [9.17, 15) is 14.4 Å². The van der Waals surface area contributed by atoms with Gasteiger partial charge in [0, 0.05) is 16.7 Å². The molecule has 0 saturated heterocycles. The molecule has 6 nitrogen and oxygen atoms in total. The van der Waals surface area contributed by atoms with E-state index in [2.05, 4.69) is 0 Å². The number of anilines is 1. The highest BCUT2D eigenvalue weighted by Gasteiger charge is 2.46. The molecule has 0 fully saturated rings. The summed E-state index contributed by atoms with van der Waals surface area (Å²) in [4.78, 5) is 41.2. The van der Waals surface area contributed by atoms with Gasteiger partial charge in [-0.3, -0.25) is 9.69 Å². The van der Waals surface area contributed by atoms with Crippen molar-refractivity contribution in [3.05, 3.63) is 79.3 Å². The lowest BCUT2D eigenvalue weighted by molar-refractivity contribution is -0.138. The van der Waals surface area contributed by atoms with Crippen LogP contribution in [0.15, 0.2) is 62.6 Å². The maximum Gasteiger partial charge on any atom is 0.346 e. The van der Waals surface area contributed by atoms with Crippen molar-refractivity contribution in [3.63, 3.8) is 0 Å². The fourth-order valence-electron chi connectivity index (χ4n) is 4.01. The Morgan fingerprint density at radius 3 is 2.03 bits per heavy atom. The van der Waals surface area contributed by atoms with E-state index in [0.717, 1.165) is 40.2 Å². The molecule has 35 heavy (non-hydrogen) atoms. The van der Waals surface area contributed by atoms with Crippen LogP contribution in [0.3, 0.4) is 0 Å². The Hall–Kier alpha value is -2.88. The summed E-state index contributed by atoms with van der Waals surface area (Å²) in [5.41, 5.74) is 2.86. The van der Waals surface area contributed by atoms with Gasteiger partial charge in [0.05, 0.1) is 34.5 Å². The third-order valence-electron chi connectivity index (χ3n) is 5.77. The van der Waals surface area contributed by atoms with Crippen molar-refractivity contribution in [2.45, 2.75) is 26.3 Å². The molecule has 2 aromatic rings. The molecule has 4 rings (SSSR count). The molecule has 0 N–H and O–H groups in total. The summed E-state index contributed by atoms with van der Waals surface area (Å²) < 4.78 is 10.5. The summed E-state index contributed by atoms with van der Waals surface area (Å²) in [6.45, 7) is 5.76. The molecule has 180 valence electrons. The molecule has 2 aliphatic heterocycles. The first-order chi connectivity index (χ1) is 16.6. The van der Waals surface area contributed by atoms with Gasteiger partial charge in [-0.25, -0.2) is 9.59 Å². The van der Waals surface area contributed by atoms with Gasteiger partial charge in [0.25, 0.3) is 5.91 Å². The molecule has 0 unspecified atom stereocenters. The number of fused-ring (bicyclic) bond motifs is 1. The average molecular weight is 526 g/mol. The molecule has 0 radical (unpaired) electrons. The molecule has 1 amide bonds. The van der Waals surface area contributed by atoms with Crippen LogP contribution in [0.5, 0.6) is 0 Å². The third kappa shape index (κ3) is 4.32. The van der Waals surface area contributed by atoms with E-state index in [0.29, 0.717) is 20.4 Å². The lowest BCUT2D eigenvalue weighted by Crippen LogP contribution is -2.56. The van der Waals surface area contributed by atoms with Crippen LogP contribution in [-0.4, -0.2) is 42.5 Å². The van der Waals surface area contributed by atoms with Crippen LogP contribution in [0.2, 0.25) is 0 Å². The summed E-state index contributed by atoms with van der Waals surface area (Å²) in [7, 11) is 2.53. The summed E-state index contributed by atoms with van der Waals surface area (Å²) >= 11 is 8.28. The van der Waals surface area contributed by atoms with Gasteiger partial charge in [-0.05, 0) is 45.0 Å². The number of nitrogens with zero attached hydrogens (tertiary/aromatic N) is 1. The highest BCUT2D eigenvalue weighted by atomic mass is 32.2. The van der Waals surface area contributed by atoms with Crippen LogP contribution >= 0.6 is 35.7 Å². The lowest BCUT2D eigenvalue weighted by atomic mass is 9.82. The maximum absolute atomic E-state index is 13.7. The number of esters is 2. The average Bonchev–Trinajstić information content (AvgIpc) is 3.29. The van der Waals surface area contributed by atoms with Crippen molar-refractivity contribution in [1.29, 1.82) is 0 Å². The second kappa shape index (κ2) is 9.64. The van der Waals surface area contributed by atoms with E-state index in [1.807, 2.05) is 57.2 Å². The maximum atomic E-state index is 13.7. The fourth-order valence-corrected chi connectivity index (χ4v) is 7.04. The van der Waals surface area contributed by atoms with Gasteiger partial charge in [-0.15, -0.1) is 0 Å². The van der Waals surface area contributed by atoms with Gasteiger partial charge in [-0.1, -0.05) is 65.6 Å². The van der Waals surface area contributed by atoms with E-state index in [-0.39, 0.29) is 15.7 Å². The van der Waals surface area contributed by atoms with Crippen LogP contribution < -0.4 is 4.90 Å². The van der Waals surface area contributed by atoms with E-state index >= 15 is 0 Å². The van der Waals surface area contributed by atoms with E-state index in [1.54, 1.807) is 17.0 Å². The first-order valence-electron chi connectivity index (χ1n) is 10.7. The van der Waals surface area contributed by atoms with Gasteiger partial charge in [-0.2, -0.15) is 0 Å². The molecule has 2 aromatic carbocycles. The van der Waals surface area contributed by atoms with Crippen LogP contribution in [-0.2, 0) is 19.1 Å². The highest BCUT2D eigenvalue weighted by molar-refractivity contribution is 8.29. The van der Waals surface area contributed by atoms with Crippen molar-refractivity contribution in [2.75, 3.05) is 19.1 Å². The lowest BCUT2D eigenvalue weighted by Gasteiger charge is -2.45. The number of benzene rings is 2. The van der Waals surface area contributed by atoms with Gasteiger partial charge < -0.3 is 9.47 Å². The standard InChI is InChI=1S/C26H23NO5S3/c1-14-11-12-17-16(13-14)18(25-34-19(23(29)31-4)20(35-25)24(30)32-5)21(33)26(2,3)27(17)22(28)15-9-7-6-8-10-15/h6-13H,1-5H3. The number of thioether (sulfide) groups is 2. The Labute approximate surface area is 217 Å². The van der Waals surface area contributed by atoms with Crippen molar-refractivity contribution >= 4 is 69.7 Å². The first kappa shape index (κ1) is 25.2. The number of aryl methyl sites for hydroxylation is 1. The van der Waals surface area contributed by atoms with Crippen molar-refractivity contribution in [3.8, 4) is 0 Å². The van der Waals surface area contributed by atoms with E-state index in [1.165, 1.54) is 14.2 Å². The summed E-state index contributed by atoms with van der Waals surface area (Å²) in [5, 5.41) is 0. The Morgan fingerprint density at radius 1 is 0.914 bits per heavy atom. The van der Waals surface area contributed by atoms with Crippen LogP contribution in [0.1, 0.15) is 35.3 Å². The Bertz CT molecular complexity index is 1300. The van der Waals surface area contributed by atoms with E-state index in [4.69, 9.17) is 21.7 Å². The SMILES string of the molecule is COC(=O)C1=C(C(=O)OC)SC(=C2C(=S)C(C)(C)N(C(=O)c3ccccc3)c3ccc(C)cc32)S1. The summed E-state index contributed by atoms with van der Waals surface area (Å²) in [5.74, 6) is -1.41. The Balaban J connectivity index is 1.92. The molecule has 2 heterocycles. The molecule has 0 bridgehead atoms. The molecule has 0 atom stereocenters. The quantitative estimate of drug-likeness (QED) is 0.295. The topological polar surface area (TPSA) is 72.9 Å². The zero-order valence-electron chi connectivity index (χ0n) is 19.8. The molecule has 0 aromatic heterocycles. The van der Waals surface area contributed by atoms with Crippen LogP contribution in [0.4, 0.5) is 5.69 Å². The molecule has 0 spiro atoms. The molecule has 0 saturated carbocycles. The number of amides is 1. The number of hydrogen-bond acceptors (Lipinski definition) is 8. The minimum atomic E-state index is -0.868. The molecular weight excluding hydrogens is 502 g/mol. The van der Waals surface area contributed by atoms with Crippen molar-refractivity contribution < 1.29 is 23.9 Å². The Kier molecular flexibility index (Phi) is 6.95. The summed E-state index contributed by atoms with van der Waals surface area (Å²) in [6, 6.07) is 14.9. The van der Waals surface area contributed by atoms with Crippen LogP contribution in [0.25, 0.3) is 5.57 Å². The second-order valence-electron chi connectivity index (χ2n) is 8.42. The van der Waals surface area contributed by atoms with Crippen molar-refractivity contribution in [1.82, 2.24) is 0 Å². The van der Waals surface area contributed by atoms with E-state index < -0.39 is 17.5 Å². The largest absolute Gasteiger partial charge is 0.465 e. The number of thiocarbonyl (C=S) groups is 1. The van der Waals surface area contributed by atoms with Crippen molar-refractivity contribution in [2.24, 2.45) is 0 Å². The minimum absolute atomic E-state index is 0.157. The predicted molar refractivity (Wildman–Crippen MR) is 144 cm³/mol. The van der Waals surface area contributed by atoms with Gasteiger partial charge in [0.1, 0.15) is 9.81 Å². The zero-order chi connectivity index (χ0) is 25.5. The van der Waals surface area contributed by atoms with Gasteiger partial charge in [0.15, 0.2) is 0 Å². The minimum Gasteiger partial charge on any atom is -0.465 e. The normalized spacial score (nSPS) is 16.8. The predicted octanol–water partition coefficient (Wildman–Crippen LogP) is 5.51. The molecule has 9 heteroatoms. The number of ether oxygens (including phenoxy) is 2. The second-order valence-corrected chi connectivity index (χ2v) is 11.1. The summed E-state index contributed by atoms with van der Waals surface area (Å²) in [6.07, 6.45) is 0. The number of methoxy groups -OCH3 is 2. The third-order valence-corrected chi connectivity index (χ3v) is 9.03. The zero-order valence-corrected chi connectivity index (χ0v) is 22.3. The van der Waals surface area contributed by atoms with Crippen LogP contribution in [0, 0.1) is 6.92 Å². The molecule has 2 aliphatic rings. The van der Waals surface area contributed by atoms with Gasteiger partial charge in [0.2, 0.25) is 0 Å². The number of carbonyl (C=O) groups excluding carboxylic acids is 3. The molecule has 0 aliphatic carbocycles. The number of carbonyl (C=O) groups is 3. The highest BCUT2D eigenvalue weighted by Crippen LogP contribution is 2.56. The monoisotopic (exact) mass is 525 g/mol.